The van der Waals surface area contributed by atoms with Crippen molar-refractivity contribution in [1.82, 2.24) is 9.55 Å². The molecule has 0 unspecified atom stereocenters. The van der Waals surface area contributed by atoms with Crippen molar-refractivity contribution in [2.45, 2.75) is 13.5 Å². The highest BCUT2D eigenvalue weighted by Crippen LogP contribution is 2.28. The van der Waals surface area contributed by atoms with Crippen molar-refractivity contribution in [2.24, 2.45) is 0 Å². The summed E-state index contributed by atoms with van der Waals surface area (Å²) in [6, 6.07) is 3.97. The first-order valence-electron chi connectivity index (χ1n) is 8.21. The lowest BCUT2D eigenvalue weighted by Crippen LogP contribution is -2.20. The lowest BCUT2D eigenvalue weighted by atomic mass is 10.2. The van der Waals surface area contributed by atoms with E-state index in [0.29, 0.717) is 11.3 Å². The molecule has 1 N–H and O–H groups in total. The van der Waals surface area contributed by atoms with E-state index in [0.717, 1.165) is 22.9 Å². The van der Waals surface area contributed by atoms with Crippen LogP contribution in [-0.2, 0) is 6.54 Å². The molecule has 0 aliphatic rings. The summed E-state index contributed by atoms with van der Waals surface area (Å²) >= 11 is 0. The number of hydrogen-bond donors (Lipinski definition) is 1. The highest BCUT2D eigenvalue weighted by atomic mass is 19.2. The monoisotopic (exact) mass is 411 g/mol. The molecule has 0 saturated heterocycles. The lowest BCUT2D eigenvalue weighted by molar-refractivity contribution is 0.386. The van der Waals surface area contributed by atoms with Crippen LogP contribution < -0.4 is 15.6 Å². The third kappa shape index (κ3) is 4.20. The van der Waals surface area contributed by atoms with Crippen LogP contribution in [0.2, 0.25) is 0 Å². The first-order chi connectivity index (χ1) is 13.7. The number of nitrogens with one attached hydrogen (secondary N) is 1. The molecule has 152 valence electrons. The normalized spacial score (nSPS) is 10.9. The van der Waals surface area contributed by atoms with E-state index in [-0.39, 0.29) is 23.8 Å². The Kier molecular flexibility index (Phi) is 5.53. The fourth-order valence-electron chi connectivity index (χ4n) is 2.65. The van der Waals surface area contributed by atoms with Crippen LogP contribution in [0, 0.1) is 36.0 Å². The number of aromatic nitrogens is 2. The Morgan fingerprint density at radius 3 is 2.28 bits per heavy atom. The summed E-state index contributed by atoms with van der Waals surface area (Å²) in [6.45, 7) is 1.24. The fourth-order valence-corrected chi connectivity index (χ4v) is 2.65. The molecule has 3 rings (SSSR count). The van der Waals surface area contributed by atoms with Gasteiger partial charge in [-0.3, -0.25) is 4.79 Å². The number of ether oxygens (including phenoxy) is 1. The van der Waals surface area contributed by atoms with Crippen LogP contribution in [0.25, 0.3) is 0 Å². The Balaban J connectivity index is 2.04. The molecule has 3 aromatic rings. The van der Waals surface area contributed by atoms with Gasteiger partial charge < -0.3 is 14.6 Å². The summed E-state index contributed by atoms with van der Waals surface area (Å²) in [5.74, 6) is -6.55. The van der Waals surface area contributed by atoms with Crippen LogP contribution >= 0.6 is 0 Å². The molecule has 1 heterocycles. The van der Waals surface area contributed by atoms with E-state index < -0.39 is 34.6 Å². The van der Waals surface area contributed by atoms with Crippen LogP contribution in [0.3, 0.4) is 0 Å². The fraction of sp³-hybridized carbons (Fsp3) is 0.158. The SMILES string of the molecule is COc1cc(Nc2nc(=O)c(F)cn2Cc2cc(F)c(F)c(F)c2)c(C)cc1F. The summed E-state index contributed by atoms with van der Waals surface area (Å²) in [5, 5.41) is 2.75. The number of rotatable bonds is 5. The smallest absolute Gasteiger partial charge is 0.310 e. The molecule has 0 amide bonds. The Labute approximate surface area is 161 Å². The minimum absolute atomic E-state index is 0.0392. The number of nitrogens with zero attached hydrogens (tertiary/aromatic N) is 2. The largest absolute Gasteiger partial charge is 0.494 e. The Bertz CT molecular complexity index is 1120. The van der Waals surface area contributed by atoms with Gasteiger partial charge in [0.05, 0.1) is 13.7 Å². The topological polar surface area (TPSA) is 56.1 Å². The predicted octanol–water partition coefficient (Wildman–Crippen LogP) is 4.05. The van der Waals surface area contributed by atoms with Gasteiger partial charge in [-0.25, -0.2) is 17.6 Å². The van der Waals surface area contributed by atoms with Gasteiger partial charge in [-0.05, 0) is 36.2 Å². The average molecular weight is 411 g/mol. The van der Waals surface area contributed by atoms with Crippen LogP contribution in [-0.4, -0.2) is 16.7 Å². The third-order valence-electron chi connectivity index (χ3n) is 4.09. The second-order valence-corrected chi connectivity index (χ2v) is 6.15. The van der Waals surface area contributed by atoms with Crippen molar-refractivity contribution in [1.29, 1.82) is 0 Å². The number of methoxy groups -OCH3 is 1. The van der Waals surface area contributed by atoms with Crippen molar-refractivity contribution >= 4 is 11.6 Å². The van der Waals surface area contributed by atoms with E-state index >= 15 is 0 Å². The number of aryl methyl sites for hydroxylation is 1. The van der Waals surface area contributed by atoms with Crippen molar-refractivity contribution in [3.05, 3.63) is 81.0 Å². The van der Waals surface area contributed by atoms with Crippen molar-refractivity contribution in [2.75, 3.05) is 12.4 Å². The summed E-state index contributed by atoms with van der Waals surface area (Å²) < 4.78 is 73.6. The summed E-state index contributed by atoms with van der Waals surface area (Å²) in [6.07, 6.45) is 0.785. The van der Waals surface area contributed by atoms with Crippen LogP contribution in [0.15, 0.2) is 35.3 Å². The average Bonchev–Trinajstić information content (AvgIpc) is 2.65. The van der Waals surface area contributed by atoms with Gasteiger partial charge in [0.2, 0.25) is 11.8 Å². The molecule has 0 radical (unpaired) electrons. The Morgan fingerprint density at radius 1 is 1.00 bits per heavy atom. The number of halogens is 5. The van der Waals surface area contributed by atoms with Gasteiger partial charge in [0, 0.05) is 18.0 Å². The summed E-state index contributed by atoms with van der Waals surface area (Å²) in [5.41, 5.74) is -0.492. The number of hydrogen-bond acceptors (Lipinski definition) is 4. The molecule has 5 nitrogen and oxygen atoms in total. The molecule has 0 bridgehead atoms. The molecule has 0 aliphatic heterocycles. The summed E-state index contributed by atoms with van der Waals surface area (Å²) in [7, 11) is 1.27. The van der Waals surface area contributed by atoms with Crippen LogP contribution in [0.4, 0.5) is 33.6 Å². The van der Waals surface area contributed by atoms with Gasteiger partial charge in [0.25, 0.3) is 0 Å². The van der Waals surface area contributed by atoms with Crippen molar-refractivity contribution < 1.29 is 26.7 Å². The maximum absolute atomic E-state index is 13.8. The number of anilines is 2. The van der Waals surface area contributed by atoms with Gasteiger partial charge >= 0.3 is 5.56 Å². The van der Waals surface area contributed by atoms with Gasteiger partial charge in [0.1, 0.15) is 0 Å². The quantitative estimate of drug-likeness (QED) is 0.509. The van der Waals surface area contributed by atoms with E-state index in [1.54, 1.807) is 6.92 Å². The van der Waals surface area contributed by atoms with Gasteiger partial charge in [0.15, 0.2) is 29.0 Å². The lowest BCUT2D eigenvalue weighted by Gasteiger charge is -2.16. The minimum Gasteiger partial charge on any atom is -0.494 e. The van der Waals surface area contributed by atoms with E-state index in [2.05, 4.69) is 10.3 Å². The maximum atomic E-state index is 13.8. The highest BCUT2D eigenvalue weighted by molar-refractivity contribution is 5.61. The molecular formula is C19H14F5N3O2. The molecule has 10 heteroatoms. The Hall–Kier alpha value is -3.43. The molecule has 0 fully saturated rings. The van der Waals surface area contributed by atoms with E-state index in [4.69, 9.17) is 4.74 Å². The zero-order chi connectivity index (χ0) is 21.3. The number of benzene rings is 2. The van der Waals surface area contributed by atoms with E-state index in [1.807, 2.05) is 0 Å². The van der Waals surface area contributed by atoms with Crippen LogP contribution in [0.5, 0.6) is 5.75 Å². The maximum Gasteiger partial charge on any atom is 0.310 e. The molecule has 1 aromatic heterocycles. The molecule has 0 spiro atoms. The zero-order valence-corrected chi connectivity index (χ0v) is 15.2. The van der Waals surface area contributed by atoms with Crippen LogP contribution in [0.1, 0.15) is 11.1 Å². The first-order valence-corrected chi connectivity index (χ1v) is 8.21. The Morgan fingerprint density at radius 2 is 1.66 bits per heavy atom. The molecular weight excluding hydrogens is 397 g/mol. The standard InChI is InChI=1S/C19H14F5N3O2/c1-9-3-11(20)16(29-2)6-15(9)25-19-26-18(28)14(23)8-27(19)7-10-4-12(21)17(24)13(22)5-10/h3-6,8H,7H2,1-2H3,(H,25,26,28). The highest BCUT2D eigenvalue weighted by Gasteiger charge is 2.15. The second-order valence-electron chi connectivity index (χ2n) is 6.15. The first kappa shape index (κ1) is 20.3. The molecule has 2 aromatic carbocycles. The third-order valence-corrected chi connectivity index (χ3v) is 4.09. The van der Waals surface area contributed by atoms with Crippen molar-refractivity contribution in [3.63, 3.8) is 0 Å². The molecule has 0 saturated carbocycles. The second kappa shape index (κ2) is 7.90. The molecule has 0 atom stereocenters. The van der Waals surface area contributed by atoms with E-state index in [9.17, 15) is 26.7 Å². The zero-order valence-electron chi connectivity index (χ0n) is 15.2. The predicted molar refractivity (Wildman–Crippen MR) is 94.8 cm³/mol. The van der Waals surface area contributed by atoms with Gasteiger partial charge in [-0.2, -0.15) is 9.37 Å². The molecule has 29 heavy (non-hydrogen) atoms. The summed E-state index contributed by atoms with van der Waals surface area (Å²) in [4.78, 5) is 15.2. The van der Waals surface area contributed by atoms with Crippen molar-refractivity contribution in [3.8, 4) is 5.75 Å². The van der Waals surface area contributed by atoms with Gasteiger partial charge in [-0.1, -0.05) is 0 Å². The van der Waals surface area contributed by atoms with Gasteiger partial charge in [-0.15, -0.1) is 0 Å². The van der Waals surface area contributed by atoms with E-state index in [1.165, 1.54) is 19.2 Å². The minimum atomic E-state index is -1.63. The molecule has 0 aliphatic carbocycles.